The van der Waals surface area contributed by atoms with Gasteiger partial charge in [0.1, 0.15) is 11.3 Å². The Morgan fingerprint density at radius 1 is 1.14 bits per heavy atom. The van der Waals surface area contributed by atoms with Crippen molar-refractivity contribution in [3.8, 4) is 0 Å². The maximum Gasteiger partial charge on any atom is 0.410 e. The molecule has 1 aliphatic heterocycles. The highest BCUT2D eigenvalue weighted by atomic mass is 32.2. The Morgan fingerprint density at radius 3 is 2.63 bits per heavy atom. The second-order valence-corrected chi connectivity index (χ2v) is 13.5. The average molecular weight is 604 g/mol. The Morgan fingerprint density at radius 2 is 1.91 bits per heavy atom. The van der Waals surface area contributed by atoms with Crippen LogP contribution in [0.25, 0.3) is 26.7 Å². The number of ether oxygens (including phenoxy) is 1. The van der Waals surface area contributed by atoms with Crippen LogP contribution >= 0.6 is 0 Å². The summed E-state index contributed by atoms with van der Waals surface area (Å²) >= 11 is 0. The van der Waals surface area contributed by atoms with Crippen LogP contribution in [-0.2, 0) is 21.3 Å². The molecule has 224 valence electrons. The summed E-state index contributed by atoms with van der Waals surface area (Å²) in [5, 5.41) is 12.1. The molecule has 5 rings (SSSR count). The third kappa shape index (κ3) is 6.73. The van der Waals surface area contributed by atoms with Gasteiger partial charge in [-0.1, -0.05) is 36.9 Å². The minimum atomic E-state index is -3.79. The first-order chi connectivity index (χ1) is 20.3. The summed E-state index contributed by atoms with van der Waals surface area (Å²) in [6.45, 7) is 13.3. The number of carboxylic acid groups (broad SMARTS) is 1. The third-order valence-corrected chi connectivity index (χ3v) is 8.66. The fourth-order valence-electron chi connectivity index (χ4n) is 5.49. The van der Waals surface area contributed by atoms with Crippen LogP contribution < -0.4 is 4.72 Å². The van der Waals surface area contributed by atoms with E-state index in [0.29, 0.717) is 35.2 Å². The summed E-state index contributed by atoms with van der Waals surface area (Å²) in [4.78, 5) is 34.1. The molecule has 1 aliphatic rings. The van der Waals surface area contributed by atoms with E-state index in [-0.39, 0.29) is 36.3 Å². The lowest BCUT2D eigenvalue weighted by atomic mass is 10.0. The number of anilines is 1. The van der Waals surface area contributed by atoms with Gasteiger partial charge >= 0.3 is 12.1 Å². The molecule has 1 saturated heterocycles. The molecular weight excluding hydrogens is 570 g/mol. The van der Waals surface area contributed by atoms with E-state index in [2.05, 4.69) is 14.6 Å². The van der Waals surface area contributed by atoms with E-state index in [1.54, 1.807) is 43.9 Å². The number of likely N-dealkylation sites (tertiary alicyclic amines) is 1. The maximum atomic E-state index is 13.2. The number of benzene rings is 2. The van der Waals surface area contributed by atoms with Crippen molar-refractivity contribution in [1.82, 2.24) is 14.5 Å². The minimum absolute atomic E-state index is 0.00537. The van der Waals surface area contributed by atoms with Gasteiger partial charge in [0.05, 0.1) is 12.3 Å². The molecule has 1 atom stereocenters. The van der Waals surface area contributed by atoms with E-state index in [1.807, 2.05) is 24.3 Å². The van der Waals surface area contributed by atoms with E-state index in [4.69, 9.17) is 11.3 Å². The van der Waals surface area contributed by atoms with E-state index < -0.39 is 27.7 Å². The highest BCUT2D eigenvalue weighted by molar-refractivity contribution is 7.92. The SMILES string of the molecule is [C-]#[N+]c1ccc2cc(C(=O)O)n(Cc3cc(NS(=O)(=O)CC[C@@H]4CCCN4C(=O)OC(C)(C)C)cc4ccccc34)c2n1. The molecule has 3 heterocycles. The maximum absolute atomic E-state index is 13.2. The number of nitrogens with one attached hydrogen (secondary N) is 1. The number of carboxylic acids is 1. The number of fused-ring (bicyclic) bond motifs is 2. The Bertz CT molecular complexity index is 1870. The molecule has 11 nitrogen and oxygen atoms in total. The van der Waals surface area contributed by atoms with E-state index in [1.165, 1.54) is 16.7 Å². The van der Waals surface area contributed by atoms with Gasteiger partial charge in [-0.05, 0) is 80.6 Å². The lowest BCUT2D eigenvalue weighted by molar-refractivity contribution is 0.0224. The topological polar surface area (TPSA) is 135 Å². The van der Waals surface area contributed by atoms with Gasteiger partial charge in [-0.2, -0.15) is 0 Å². The lowest BCUT2D eigenvalue weighted by Gasteiger charge is -2.28. The minimum Gasteiger partial charge on any atom is -0.477 e. The van der Waals surface area contributed by atoms with Gasteiger partial charge in [0, 0.05) is 23.7 Å². The fourth-order valence-corrected chi connectivity index (χ4v) is 6.65. The smallest absolute Gasteiger partial charge is 0.410 e. The van der Waals surface area contributed by atoms with Gasteiger partial charge in [0.15, 0.2) is 0 Å². The van der Waals surface area contributed by atoms with Crippen LogP contribution in [0.4, 0.5) is 16.3 Å². The van der Waals surface area contributed by atoms with Crippen molar-refractivity contribution in [1.29, 1.82) is 0 Å². The first kappa shape index (κ1) is 29.8. The molecule has 0 radical (unpaired) electrons. The van der Waals surface area contributed by atoms with Crippen LogP contribution in [0, 0.1) is 6.57 Å². The number of hydrogen-bond acceptors (Lipinski definition) is 6. The molecule has 0 bridgehead atoms. The van der Waals surface area contributed by atoms with Crippen molar-refractivity contribution in [3.05, 3.63) is 77.3 Å². The van der Waals surface area contributed by atoms with Gasteiger partial charge in [-0.3, -0.25) is 9.29 Å². The zero-order chi connectivity index (χ0) is 30.9. The Kier molecular flexibility index (Phi) is 8.03. The molecule has 12 heteroatoms. The normalized spacial score (nSPS) is 15.5. The number of hydrogen-bond donors (Lipinski definition) is 2. The predicted molar refractivity (Wildman–Crippen MR) is 164 cm³/mol. The number of carbonyl (C=O) groups excluding carboxylic acids is 1. The van der Waals surface area contributed by atoms with Gasteiger partial charge in [0.25, 0.3) is 5.82 Å². The van der Waals surface area contributed by atoms with Crippen molar-refractivity contribution < 1.29 is 27.9 Å². The number of rotatable bonds is 8. The van der Waals surface area contributed by atoms with Crippen LogP contribution in [0.15, 0.2) is 54.6 Å². The van der Waals surface area contributed by atoms with Crippen LogP contribution in [0.2, 0.25) is 0 Å². The molecule has 1 fully saturated rings. The Hall–Kier alpha value is -4.63. The van der Waals surface area contributed by atoms with Crippen LogP contribution in [0.1, 0.15) is 56.1 Å². The van der Waals surface area contributed by atoms with Gasteiger partial charge in [0.2, 0.25) is 15.7 Å². The molecule has 4 aromatic rings. The Labute approximate surface area is 249 Å². The number of carbonyl (C=O) groups is 2. The van der Waals surface area contributed by atoms with E-state index >= 15 is 0 Å². The van der Waals surface area contributed by atoms with Gasteiger partial charge < -0.3 is 19.6 Å². The quantitative estimate of drug-likeness (QED) is 0.235. The van der Waals surface area contributed by atoms with Crippen molar-refractivity contribution in [2.75, 3.05) is 17.0 Å². The summed E-state index contributed by atoms with van der Waals surface area (Å²) in [5.74, 6) is -1.19. The average Bonchev–Trinajstić information content (AvgIpc) is 3.55. The molecule has 2 aromatic heterocycles. The third-order valence-electron chi connectivity index (χ3n) is 7.34. The lowest BCUT2D eigenvalue weighted by Crippen LogP contribution is -2.40. The molecule has 0 unspecified atom stereocenters. The molecule has 2 aromatic carbocycles. The van der Waals surface area contributed by atoms with Crippen molar-refractivity contribution in [2.45, 2.75) is 58.2 Å². The number of pyridine rings is 1. The molecule has 1 amide bonds. The van der Waals surface area contributed by atoms with Crippen LogP contribution in [-0.4, -0.2) is 64.0 Å². The van der Waals surface area contributed by atoms with E-state index in [0.717, 1.165) is 17.2 Å². The second kappa shape index (κ2) is 11.6. The van der Waals surface area contributed by atoms with Gasteiger partial charge in [-0.15, -0.1) is 4.98 Å². The zero-order valence-corrected chi connectivity index (χ0v) is 25.0. The molecule has 0 spiro atoms. The molecule has 0 aliphatic carbocycles. The molecule has 0 saturated carbocycles. The summed E-state index contributed by atoms with van der Waals surface area (Å²) in [7, 11) is -3.79. The van der Waals surface area contributed by atoms with Crippen molar-refractivity contribution in [3.63, 3.8) is 0 Å². The highest BCUT2D eigenvalue weighted by Crippen LogP contribution is 2.29. The van der Waals surface area contributed by atoms with Crippen LogP contribution in [0.5, 0.6) is 0 Å². The number of aromatic carboxylic acids is 1. The zero-order valence-electron chi connectivity index (χ0n) is 24.2. The van der Waals surface area contributed by atoms with Crippen LogP contribution in [0.3, 0.4) is 0 Å². The van der Waals surface area contributed by atoms with Gasteiger partial charge in [-0.25, -0.2) is 18.0 Å². The number of nitrogens with zero attached hydrogens (tertiary/aromatic N) is 4. The predicted octanol–water partition coefficient (Wildman–Crippen LogP) is 6.02. The van der Waals surface area contributed by atoms with Crippen molar-refractivity contribution >= 4 is 55.4 Å². The molecular formula is C31H33N5O6S. The first-order valence-corrected chi connectivity index (χ1v) is 15.6. The number of amides is 1. The number of sulfonamides is 1. The first-order valence-electron chi connectivity index (χ1n) is 14.0. The summed E-state index contributed by atoms with van der Waals surface area (Å²) < 4.78 is 36.2. The van der Waals surface area contributed by atoms with E-state index in [9.17, 15) is 23.1 Å². The van der Waals surface area contributed by atoms with Crippen molar-refractivity contribution in [2.24, 2.45) is 0 Å². The number of aromatic nitrogens is 2. The standard InChI is InChI=1S/C31H33N5O6S/c1-31(2,3)42-30(39)35-14-7-9-24(35)13-15-43(40,41)34-23-16-20-8-5-6-10-25(20)22(17-23)19-36-26(29(37)38)18-21-11-12-27(32-4)33-28(21)36/h5-6,8,10-12,16-18,24,34H,7,9,13-15,19H2,1-3H3,(H,37,38)/t24-/m0/s1. The highest BCUT2D eigenvalue weighted by Gasteiger charge is 2.33. The Balaban J connectivity index is 1.41. The second-order valence-electron chi connectivity index (χ2n) is 11.7. The summed E-state index contributed by atoms with van der Waals surface area (Å²) in [5.41, 5.74) is 0.738. The summed E-state index contributed by atoms with van der Waals surface area (Å²) in [6, 6.07) is 15.3. The largest absolute Gasteiger partial charge is 0.477 e. The molecule has 2 N–H and O–H groups in total. The fraction of sp³-hybridized carbons (Fsp3) is 0.355. The molecule has 43 heavy (non-hydrogen) atoms. The summed E-state index contributed by atoms with van der Waals surface area (Å²) in [6.07, 6.45) is 1.32. The monoisotopic (exact) mass is 603 g/mol.